The van der Waals surface area contributed by atoms with Gasteiger partial charge >= 0.3 is 0 Å². The first kappa shape index (κ1) is 14.2. The van der Waals surface area contributed by atoms with Crippen molar-refractivity contribution in [1.29, 1.82) is 0 Å². The van der Waals surface area contributed by atoms with Crippen LogP contribution >= 0.6 is 8.20 Å². The number of fused-ring (bicyclic) bond motifs is 2. The van der Waals surface area contributed by atoms with Crippen molar-refractivity contribution >= 4 is 35.4 Å². The van der Waals surface area contributed by atoms with E-state index in [2.05, 4.69) is 96.0 Å². The third kappa shape index (κ3) is 2.46. The third-order valence-electron chi connectivity index (χ3n) is 4.34. The minimum absolute atomic E-state index is 1.21. The van der Waals surface area contributed by atoms with E-state index in [1.54, 1.807) is 0 Å². The molecule has 2 heterocycles. The Bertz CT molecular complexity index is 1090. The summed E-state index contributed by atoms with van der Waals surface area (Å²) in [5, 5.41) is 3.84. The summed E-state index contributed by atoms with van der Waals surface area (Å²) in [6.45, 7) is 0. The van der Waals surface area contributed by atoms with Gasteiger partial charge in [0.05, 0.1) is 5.07 Å². The molecule has 23 heavy (non-hydrogen) atoms. The Hall–Kier alpha value is -2.44. The molecule has 0 spiro atoms. The van der Waals surface area contributed by atoms with Crippen LogP contribution in [0.1, 0.15) is 0 Å². The Labute approximate surface area is 137 Å². The molecule has 0 aliphatic rings. The van der Waals surface area contributed by atoms with E-state index in [0.29, 0.717) is 0 Å². The highest BCUT2D eigenvalue weighted by Gasteiger charge is 2.09. The predicted octanol–water partition coefficient (Wildman–Crippen LogP) is 3.96. The quantitative estimate of drug-likeness (QED) is 0.371. The van der Waals surface area contributed by atoms with Crippen molar-refractivity contribution in [2.45, 2.75) is 0 Å². The fourth-order valence-electron chi connectivity index (χ4n) is 3.01. The van der Waals surface area contributed by atoms with Crippen LogP contribution in [-0.2, 0) is 14.1 Å². The van der Waals surface area contributed by atoms with Gasteiger partial charge in [-0.25, -0.2) is 0 Å². The molecule has 0 bridgehead atoms. The van der Waals surface area contributed by atoms with Gasteiger partial charge in [-0.15, -0.1) is 0 Å². The number of benzene rings is 2. The summed E-state index contributed by atoms with van der Waals surface area (Å²) in [7, 11) is 5.50. The number of nitrogens with zero attached hydrogens (tertiary/aromatic N) is 2. The number of pyridine rings is 2. The van der Waals surface area contributed by atoms with Crippen LogP contribution in [0.3, 0.4) is 0 Å². The zero-order valence-electron chi connectivity index (χ0n) is 13.3. The van der Waals surface area contributed by atoms with Gasteiger partial charge in [-0.2, -0.15) is 4.57 Å². The second kappa shape index (κ2) is 5.64. The maximum absolute atomic E-state index is 2.28. The molecule has 0 amide bonds. The lowest BCUT2D eigenvalue weighted by molar-refractivity contribution is -0.626. The second-order valence-electron chi connectivity index (χ2n) is 5.73. The first-order chi connectivity index (χ1) is 11.2. The van der Waals surface area contributed by atoms with Crippen molar-refractivity contribution in [3.63, 3.8) is 0 Å². The number of para-hydroxylation sites is 2. The molecular weight excluding hydrogens is 299 g/mol. The molecule has 3 heteroatoms. The van der Waals surface area contributed by atoms with Gasteiger partial charge in [-0.3, -0.25) is 0 Å². The number of hydrogen-bond acceptors (Lipinski definition) is 0. The van der Waals surface area contributed by atoms with Gasteiger partial charge in [0, 0.05) is 38.3 Å². The van der Waals surface area contributed by atoms with Gasteiger partial charge in [-0.05, 0) is 29.7 Å². The molecule has 0 N–H and O–H groups in total. The lowest BCUT2D eigenvalue weighted by Crippen LogP contribution is -2.42. The molecule has 0 radical (unpaired) electrons. The SMILES string of the molecule is Cn1c(=Pc2ccc3ccccc3[n+]2C)ccc2ccccc21. The molecule has 112 valence electrons. The molecule has 2 nitrogen and oxygen atoms in total. The van der Waals surface area contributed by atoms with Crippen LogP contribution in [0.5, 0.6) is 0 Å². The summed E-state index contributed by atoms with van der Waals surface area (Å²) in [5.41, 5.74) is 3.82. The van der Waals surface area contributed by atoms with E-state index in [9.17, 15) is 0 Å². The standard InChI is InChI=1S/C20H18N2P/c1-21-17-9-5-3-7-15(17)11-13-19(21)23-20-14-12-16-8-4-6-10-18(16)22(20)2/h3-14H,1-2H3/q+1. The number of hydrogen-bond donors (Lipinski definition) is 0. The van der Waals surface area contributed by atoms with Crippen molar-refractivity contribution in [1.82, 2.24) is 4.57 Å². The lowest BCUT2D eigenvalue weighted by atomic mass is 10.2. The topological polar surface area (TPSA) is 8.81 Å². The van der Waals surface area contributed by atoms with Gasteiger partial charge in [0.15, 0.2) is 0 Å². The molecule has 0 fully saturated rings. The van der Waals surface area contributed by atoms with E-state index in [1.807, 2.05) is 0 Å². The van der Waals surface area contributed by atoms with Crippen molar-refractivity contribution < 1.29 is 4.57 Å². The highest BCUT2D eigenvalue weighted by Crippen LogP contribution is 2.16. The third-order valence-corrected chi connectivity index (χ3v) is 5.69. The smallest absolute Gasteiger partial charge is 0.232 e. The molecule has 0 unspecified atom stereocenters. The second-order valence-corrected chi connectivity index (χ2v) is 6.87. The Morgan fingerprint density at radius 3 is 2.35 bits per heavy atom. The van der Waals surface area contributed by atoms with Crippen LogP contribution in [0.2, 0.25) is 0 Å². The van der Waals surface area contributed by atoms with Crippen LogP contribution < -0.4 is 10.0 Å². The monoisotopic (exact) mass is 317 g/mol. The average Bonchev–Trinajstić information content (AvgIpc) is 2.60. The zero-order valence-corrected chi connectivity index (χ0v) is 14.2. The summed E-state index contributed by atoms with van der Waals surface area (Å²) < 4.78 is 4.57. The maximum atomic E-state index is 2.28. The molecule has 0 atom stereocenters. The predicted molar refractivity (Wildman–Crippen MR) is 97.8 cm³/mol. The van der Waals surface area contributed by atoms with Crippen molar-refractivity contribution in [3.05, 3.63) is 77.9 Å². The zero-order chi connectivity index (χ0) is 15.8. The van der Waals surface area contributed by atoms with E-state index >= 15 is 0 Å². The Morgan fingerprint density at radius 2 is 1.48 bits per heavy atom. The van der Waals surface area contributed by atoms with Crippen molar-refractivity contribution in [3.8, 4) is 0 Å². The summed E-state index contributed by atoms with van der Waals surface area (Å²) in [6, 6.07) is 25.9. The first-order valence-corrected chi connectivity index (χ1v) is 8.61. The van der Waals surface area contributed by atoms with Crippen molar-refractivity contribution in [2.24, 2.45) is 14.1 Å². The highest BCUT2D eigenvalue weighted by atomic mass is 31.1. The van der Waals surface area contributed by atoms with Crippen LogP contribution in [0.15, 0.2) is 72.8 Å². The highest BCUT2D eigenvalue weighted by molar-refractivity contribution is 7.38. The summed E-state index contributed by atoms with van der Waals surface area (Å²) in [5.74, 6) is 0. The van der Waals surface area contributed by atoms with E-state index in [4.69, 9.17) is 0 Å². The molecule has 0 saturated heterocycles. The fraction of sp³-hybridized carbons (Fsp3) is 0.100. The Balaban J connectivity index is 1.97. The largest absolute Gasteiger partial charge is 0.340 e. The van der Waals surface area contributed by atoms with Crippen LogP contribution in [-0.4, -0.2) is 4.57 Å². The Morgan fingerprint density at radius 1 is 0.783 bits per heavy atom. The number of rotatable bonds is 1. The number of aryl methyl sites for hydroxylation is 2. The molecule has 4 aromatic rings. The van der Waals surface area contributed by atoms with Gasteiger partial charge in [0.25, 0.3) is 0 Å². The van der Waals surface area contributed by atoms with E-state index < -0.39 is 0 Å². The molecule has 2 aromatic heterocycles. The molecule has 0 saturated carbocycles. The molecule has 4 rings (SSSR count). The summed E-state index contributed by atoms with van der Waals surface area (Å²) >= 11 is 0. The van der Waals surface area contributed by atoms with Gasteiger partial charge in [0.2, 0.25) is 11.0 Å². The van der Waals surface area contributed by atoms with Gasteiger partial charge < -0.3 is 4.57 Å². The molecule has 2 aromatic carbocycles. The maximum Gasteiger partial charge on any atom is 0.232 e. The van der Waals surface area contributed by atoms with E-state index in [1.165, 1.54) is 40.5 Å². The normalized spacial score (nSPS) is 12.2. The molecular formula is C20H18N2P+. The molecule has 0 aliphatic heterocycles. The summed E-state index contributed by atoms with van der Waals surface area (Å²) in [6.07, 6.45) is 0. The van der Waals surface area contributed by atoms with Crippen molar-refractivity contribution in [2.75, 3.05) is 0 Å². The molecule has 0 aliphatic carbocycles. The van der Waals surface area contributed by atoms with Gasteiger partial charge in [0.1, 0.15) is 7.05 Å². The van der Waals surface area contributed by atoms with Gasteiger partial charge in [-0.1, -0.05) is 36.4 Å². The minimum atomic E-state index is 1.21. The first-order valence-electron chi connectivity index (χ1n) is 7.71. The fourth-order valence-corrected chi connectivity index (χ4v) is 4.06. The Kier molecular flexibility index (Phi) is 3.48. The average molecular weight is 317 g/mol. The van der Waals surface area contributed by atoms with Crippen LogP contribution in [0.4, 0.5) is 0 Å². The van der Waals surface area contributed by atoms with E-state index in [-0.39, 0.29) is 0 Å². The lowest BCUT2D eigenvalue weighted by Gasteiger charge is -2.06. The van der Waals surface area contributed by atoms with Crippen LogP contribution in [0.25, 0.3) is 21.8 Å². The summed E-state index contributed by atoms with van der Waals surface area (Å²) in [4.78, 5) is 0. The van der Waals surface area contributed by atoms with Crippen LogP contribution in [0, 0.1) is 5.07 Å². The minimum Gasteiger partial charge on any atom is -0.340 e. The number of aromatic nitrogens is 2. The van der Waals surface area contributed by atoms with E-state index in [0.717, 1.165) is 0 Å².